The molecule has 0 unspecified atom stereocenters. The van der Waals surface area contributed by atoms with E-state index >= 15 is 0 Å². The summed E-state index contributed by atoms with van der Waals surface area (Å²) in [6, 6.07) is 0. The second kappa shape index (κ2) is 5.06. The minimum absolute atomic E-state index is 0.0741. The molecule has 1 aliphatic heterocycles. The standard InChI is InChI=1S/C12H21NO3S/c1-10(14)11-6-8-13(9-7-11)17(15,16)12-4-2-3-5-12/h11-12H,2-9H2,1H3. The number of nitrogens with zero attached hydrogens (tertiary/aromatic N) is 1. The zero-order valence-electron chi connectivity index (χ0n) is 10.4. The Morgan fingerprint density at radius 1 is 1.06 bits per heavy atom. The average molecular weight is 259 g/mol. The maximum atomic E-state index is 12.3. The van der Waals surface area contributed by atoms with Gasteiger partial charge in [-0.3, -0.25) is 4.79 Å². The molecule has 0 aromatic carbocycles. The van der Waals surface area contributed by atoms with Crippen molar-refractivity contribution in [1.82, 2.24) is 4.31 Å². The monoisotopic (exact) mass is 259 g/mol. The van der Waals surface area contributed by atoms with Crippen molar-refractivity contribution in [2.75, 3.05) is 13.1 Å². The van der Waals surface area contributed by atoms with Crippen LogP contribution in [0, 0.1) is 5.92 Å². The highest BCUT2D eigenvalue weighted by Crippen LogP contribution is 2.29. The fourth-order valence-corrected chi connectivity index (χ4v) is 4.98. The Balaban J connectivity index is 1.98. The van der Waals surface area contributed by atoms with Crippen molar-refractivity contribution in [3.05, 3.63) is 0 Å². The number of piperidine rings is 1. The van der Waals surface area contributed by atoms with Crippen molar-refractivity contribution in [2.45, 2.75) is 50.7 Å². The van der Waals surface area contributed by atoms with E-state index in [9.17, 15) is 13.2 Å². The van der Waals surface area contributed by atoms with E-state index in [4.69, 9.17) is 0 Å². The zero-order chi connectivity index (χ0) is 12.5. The van der Waals surface area contributed by atoms with Gasteiger partial charge < -0.3 is 0 Å². The van der Waals surface area contributed by atoms with Crippen LogP contribution in [0.15, 0.2) is 0 Å². The third-order valence-electron chi connectivity index (χ3n) is 4.11. The van der Waals surface area contributed by atoms with E-state index in [0.29, 0.717) is 25.9 Å². The number of hydrogen-bond donors (Lipinski definition) is 0. The summed E-state index contributed by atoms with van der Waals surface area (Å²) in [5.74, 6) is 0.271. The second-order valence-corrected chi connectivity index (χ2v) is 7.45. The smallest absolute Gasteiger partial charge is 0.216 e. The van der Waals surface area contributed by atoms with Crippen LogP contribution in [0.5, 0.6) is 0 Å². The molecule has 0 spiro atoms. The van der Waals surface area contributed by atoms with Crippen LogP contribution in [0.3, 0.4) is 0 Å². The topological polar surface area (TPSA) is 54.5 Å². The van der Waals surface area contributed by atoms with Crippen LogP contribution in [-0.2, 0) is 14.8 Å². The molecule has 98 valence electrons. The third kappa shape index (κ3) is 2.71. The number of rotatable bonds is 3. The van der Waals surface area contributed by atoms with Gasteiger partial charge in [-0.1, -0.05) is 12.8 Å². The Bertz CT molecular complexity index is 377. The number of carbonyl (C=O) groups is 1. The molecular weight excluding hydrogens is 238 g/mol. The zero-order valence-corrected chi connectivity index (χ0v) is 11.2. The third-order valence-corrected chi connectivity index (χ3v) is 6.51. The molecule has 1 aliphatic carbocycles. The maximum Gasteiger partial charge on any atom is 0.216 e. The van der Waals surface area contributed by atoms with Crippen molar-refractivity contribution < 1.29 is 13.2 Å². The quantitative estimate of drug-likeness (QED) is 0.773. The summed E-state index contributed by atoms with van der Waals surface area (Å²) in [6.45, 7) is 2.66. The molecule has 1 heterocycles. The molecule has 1 saturated carbocycles. The van der Waals surface area contributed by atoms with Crippen LogP contribution in [0.4, 0.5) is 0 Å². The lowest BCUT2D eigenvalue weighted by Crippen LogP contribution is -2.43. The van der Waals surface area contributed by atoms with E-state index in [1.54, 1.807) is 11.2 Å². The van der Waals surface area contributed by atoms with Gasteiger partial charge in [-0.25, -0.2) is 12.7 Å². The molecule has 2 rings (SSSR count). The highest BCUT2D eigenvalue weighted by molar-refractivity contribution is 7.89. The summed E-state index contributed by atoms with van der Waals surface area (Å²) in [7, 11) is -3.09. The van der Waals surface area contributed by atoms with E-state index in [2.05, 4.69) is 0 Å². The van der Waals surface area contributed by atoms with Gasteiger partial charge in [0, 0.05) is 19.0 Å². The SMILES string of the molecule is CC(=O)C1CCN(S(=O)(=O)C2CCCC2)CC1. The fourth-order valence-electron chi connectivity index (χ4n) is 2.91. The molecule has 5 heteroatoms. The van der Waals surface area contributed by atoms with Gasteiger partial charge in [0.1, 0.15) is 5.78 Å². The van der Waals surface area contributed by atoms with E-state index in [1.165, 1.54) is 0 Å². The highest BCUT2D eigenvalue weighted by Gasteiger charge is 2.36. The van der Waals surface area contributed by atoms with Gasteiger partial charge in [0.05, 0.1) is 5.25 Å². The molecule has 2 aliphatic rings. The van der Waals surface area contributed by atoms with Gasteiger partial charge in [-0.05, 0) is 32.6 Å². The van der Waals surface area contributed by atoms with Crippen molar-refractivity contribution in [3.63, 3.8) is 0 Å². The first-order chi connectivity index (χ1) is 8.01. The van der Waals surface area contributed by atoms with E-state index < -0.39 is 10.0 Å². The molecule has 0 N–H and O–H groups in total. The van der Waals surface area contributed by atoms with Crippen LogP contribution in [0.25, 0.3) is 0 Å². The predicted octanol–water partition coefficient (Wildman–Crippen LogP) is 1.56. The lowest BCUT2D eigenvalue weighted by Gasteiger charge is -2.31. The highest BCUT2D eigenvalue weighted by atomic mass is 32.2. The molecule has 1 saturated heterocycles. The van der Waals surface area contributed by atoms with Crippen LogP contribution in [0.2, 0.25) is 0 Å². The summed E-state index contributed by atoms with van der Waals surface area (Å²) in [6.07, 6.45) is 5.09. The molecule has 4 nitrogen and oxygen atoms in total. The van der Waals surface area contributed by atoms with E-state index in [1.807, 2.05) is 0 Å². The number of carbonyl (C=O) groups excluding carboxylic acids is 1. The lowest BCUT2D eigenvalue weighted by molar-refractivity contribution is -0.121. The van der Waals surface area contributed by atoms with Crippen LogP contribution >= 0.6 is 0 Å². The van der Waals surface area contributed by atoms with Gasteiger partial charge in [-0.15, -0.1) is 0 Å². The number of hydrogen-bond acceptors (Lipinski definition) is 3. The summed E-state index contributed by atoms with van der Waals surface area (Å²) in [5, 5.41) is -0.156. The fraction of sp³-hybridized carbons (Fsp3) is 0.917. The predicted molar refractivity (Wildman–Crippen MR) is 66.2 cm³/mol. The molecule has 0 bridgehead atoms. The van der Waals surface area contributed by atoms with Gasteiger partial charge in [-0.2, -0.15) is 0 Å². The van der Waals surface area contributed by atoms with E-state index in [0.717, 1.165) is 25.7 Å². The average Bonchev–Trinajstić information content (AvgIpc) is 2.83. The lowest BCUT2D eigenvalue weighted by atomic mass is 9.95. The largest absolute Gasteiger partial charge is 0.300 e. The number of sulfonamides is 1. The molecule has 0 radical (unpaired) electrons. The Kier molecular flexibility index (Phi) is 3.88. The normalized spacial score (nSPS) is 25.2. The first kappa shape index (κ1) is 13.0. The second-order valence-electron chi connectivity index (χ2n) is 5.24. The van der Waals surface area contributed by atoms with Crippen molar-refractivity contribution in [3.8, 4) is 0 Å². The van der Waals surface area contributed by atoms with Gasteiger partial charge >= 0.3 is 0 Å². The Hall–Kier alpha value is -0.420. The van der Waals surface area contributed by atoms with Gasteiger partial charge in [0.25, 0.3) is 0 Å². The Morgan fingerprint density at radius 3 is 2.06 bits per heavy atom. The first-order valence-electron chi connectivity index (χ1n) is 6.51. The molecule has 0 aromatic rings. The van der Waals surface area contributed by atoms with Crippen molar-refractivity contribution >= 4 is 15.8 Å². The summed E-state index contributed by atoms with van der Waals surface area (Å²) < 4.78 is 26.2. The molecular formula is C12H21NO3S. The molecule has 0 aromatic heterocycles. The number of Topliss-reactive ketones (excluding diaryl/α,β-unsaturated/α-hetero) is 1. The first-order valence-corrected chi connectivity index (χ1v) is 8.01. The summed E-state index contributed by atoms with van der Waals surface area (Å²) in [5.41, 5.74) is 0. The van der Waals surface area contributed by atoms with Gasteiger partial charge in [0.2, 0.25) is 10.0 Å². The minimum atomic E-state index is -3.09. The van der Waals surface area contributed by atoms with E-state index in [-0.39, 0.29) is 17.0 Å². The summed E-state index contributed by atoms with van der Waals surface area (Å²) >= 11 is 0. The van der Waals surface area contributed by atoms with Crippen molar-refractivity contribution in [1.29, 1.82) is 0 Å². The molecule has 17 heavy (non-hydrogen) atoms. The molecule has 0 atom stereocenters. The summed E-state index contributed by atoms with van der Waals surface area (Å²) in [4.78, 5) is 11.2. The van der Waals surface area contributed by atoms with Crippen molar-refractivity contribution in [2.24, 2.45) is 5.92 Å². The maximum absolute atomic E-state index is 12.3. The molecule has 2 fully saturated rings. The molecule has 0 amide bonds. The van der Waals surface area contributed by atoms with Crippen LogP contribution in [-0.4, -0.2) is 36.8 Å². The van der Waals surface area contributed by atoms with Crippen LogP contribution < -0.4 is 0 Å². The van der Waals surface area contributed by atoms with Crippen LogP contribution in [0.1, 0.15) is 45.4 Å². The Morgan fingerprint density at radius 2 is 1.59 bits per heavy atom. The minimum Gasteiger partial charge on any atom is -0.300 e. The Labute approximate surface area is 103 Å². The number of ketones is 1. The van der Waals surface area contributed by atoms with Gasteiger partial charge in [0.15, 0.2) is 0 Å².